The Kier molecular flexibility index (Phi) is 4.56. The number of aliphatic hydroxyl groups excluding tert-OH is 1. The van der Waals surface area contributed by atoms with Crippen molar-refractivity contribution in [2.45, 2.75) is 19.1 Å². The number of carbonyl (C=O) groups excluding carboxylic acids is 1. The quantitative estimate of drug-likeness (QED) is 0.912. The summed E-state index contributed by atoms with van der Waals surface area (Å²) < 4.78 is 43.3. The van der Waals surface area contributed by atoms with Gasteiger partial charge in [-0.1, -0.05) is 12.1 Å². The fourth-order valence-corrected chi connectivity index (χ4v) is 1.80. The minimum absolute atomic E-state index is 0.0345. The molecule has 118 valence electrons. The third kappa shape index (κ3) is 3.67. The van der Waals surface area contributed by atoms with Crippen LogP contribution in [0.4, 0.5) is 13.2 Å². The van der Waals surface area contributed by atoms with E-state index >= 15 is 0 Å². The van der Waals surface area contributed by atoms with Gasteiger partial charge < -0.3 is 14.8 Å². The third-order valence-corrected chi connectivity index (χ3v) is 2.96. The molecule has 2 aromatic rings. The van der Waals surface area contributed by atoms with Crippen molar-refractivity contribution in [1.82, 2.24) is 5.32 Å². The Labute approximate surface area is 124 Å². The van der Waals surface area contributed by atoms with Crippen LogP contribution in [-0.2, 0) is 6.18 Å². The second kappa shape index (κ2) is 6.23. The van der Waals surface area contributed by atoms with E-state index in [2.05, 4.69) is 5.32 Å². The van der Waals surface area contributed by atoms with E-state index in [0.717, 1.165) is 12.1 Å². The Morgan fingerprint density at radius 2 is 2.05 bits per heavy atom. The van der Waals surface area contributed by atoms with E-state index in [4.69, 9.17) is 9.52 Å². The van der Waals surface area contributed by atoms with Gasteiger partial charge in [-0.3, -0.25) is 4.79 Å². The van der Waals surface area contributed by atoms with Gasteiger partial charge in [-0.2, -0.15) is 13.2 Å². The summed E-state index contributed by atoms with van der Waals surface area (Å²) in [5.74, 6) is -0.416. The van der Waals surface area contributed by atoms with Crippen LogP contribution < -0.4 is 5.32 Å². The van der Waals surface area contributed by atoms with E-state index in [1.54, 1.807) is 6.92 Å². The molecule has 1 aromatic heterocycles. The monoisotopic (exact) mass is 313 g/mol. The van der Waals surface area contributed by atoms with Gasteiger partial charge in [0, 0.05) is 11.6 Å². The molecular formula is C15H14F3NO3. The first-order valence-corrected chi connectivity index (χ1v) is 6.50. The van der Waals surface area contributed by atoms with Crippen LogP contribution >= 0.6 is 0 Å². The Balaban J connectivity index is 2.23. The average Bonchev–Trinajstić information content (AvgIpc) is 2.96. The lowest BCUT2D eigenvalue weighted by atomic mass is 10.1. The maximum Gasteiger partial charge on any atom is 0.416 e. The maximum atomic E-state index is 12.7. The molecule has 1 unspecified atom stereocenters. The summed E-state index contributed by atoms with van der Waals surface area (Å²) >= 11 is 0. The van der Waals surface area contributed by atoms with E-state index in [0.29, 0.717) is 0 Å². The molecule has 22 heavy (non-hydrogen) atoms. The zero-order chi connectivity index (χ0) is 16.3. The van der Waals surface area contributed by atoms with Crippen molar-refractivity contribution < 1.29 is 27.5 Å². The summed E-state index contributed by atoms with van der Waals surface area (Å²) in [6, 6.07) is 7.00. The molecule has 1 atom stereocenters. The van der Waals surface area contributed by atoms with Gasteiger partial charge in [0.25, 0.3) is 5.91 Å². The Bertz CT molecular complexity index is 664. The van der Waals surface area contributed by atoms with Crippen LogP contribution in [-0.4, -0.2) is 23.7 Å². The number of furan rings is 1. The molecule has 0 aliphatic heterocycles. The van der Waals surface area contributed by atoms with Gasteiger partial charge in [0.2, 0.25) is 0 Å². The SMILES string of the molecule is CC(CO)NC(=O)c1ccc(-c2cccc(C(F)(F)F)c2)o1. The first-order valence-electron chi connectivity index (χ1n) is 6.50. The normalized spacial score (nSPS) is 13.0. The second-order valence-electron chi connectivity index (χ2n) is 4.80. The molecule has 0 bridgehead atoms. The summed E-state index contributed by atoms with van der Waals surface area (Å²) in [7, 11) is 0. The van der Waals surface area contributed by atoms with Crippen LogP contribution in [0.1, 0.15) is 23.0 Å². The van der Waals surface area contributed by atoms with E-state index in [-0.39, 0.29) is 23.7 Å². The van der Waals surface area contributed by atoms with E-state index < -0.39 is 23.7 Å². The van der Waals surface area contributed by atoms with Crippen molar-refractivity contribution in [2.24, 2.45) is 0 Å². The minimum atomic E-state index is -4.45. The van der Waals surface area contributed by atoms with Crippen molar-refractivity contribution >= 4 is 5.91 Å². The molecule has 0 fully saturated rings. The Morgan fingerprint density at radius 1 is 1.32 bits per heavy atom. The number of amides is 1. The van der Waals surface area contributed by atoms with Gasteiger partial charge in [-0.15, -0.1) is 0 Å². The van der Waals surface area contributed by atoms with Crippen LogP contribution in [0.5, 0.6) is 0 Å². The third-order valence-electron chi connectivity index (χ3n) is 2.96. The van der Waals surface area contributed by atoms with Gasteiger partial charge in [0.15, 0.2) is 5.76 Å². The van der Waals surface area contributed by atoms with Crippen LogP contribution in [0.25, 0.3) is 11.3 Å². The number of halogens is 3. The lowest BCUT2D eigenvalue weighted by Gasteiger charge is -2.09. The van der Waals surface area contributed by atoms with Crippen LogP contribution in [0.15, 0.2) is 40.8 Å². The summed E-state index contributed by atoms with van der Waals surface area (Å²) in [5.41, 5.74) is -0.564. The molecule has 7 heteroatoms. The number of hydrogen-bond acceptors (Lipinski definition) is 3. The molecule has 0 spiro atoms. The van der Waals surface area contributed by atoms with Crippen molar-refractivity contribution in [3.8, 4) is 11.3 Å². The molecule has 1 heterocycles. The van der Waals surface area contributed by atoms with Gasteiger partial charge in [0.1, 0.15) is 5.76 Å². The number of hydrogen-bond donors (Lipinski definition) is 2. The van der Waals surface area contributed by atoms with Crippen molar-refractivity contribution in [1.29, 1.82) is 0 Å². The standard InChI is InChI=1S/C15H14F3NO3/c1-9(8-20)19-14(21)13-6-5-12(22-13)10-3-2-4-11(7-10)15(16,17)18/h2-7,9,20H,8H2,1H3,(H,19,21). The van der Waals surface area contributed by atoms with Crippen LogP contribution in [0.2, 0.25) is 0 Å². The van der Waals surface area contributed by atoms with E-state index in [1.165, 1.54) is 24.3 Å². The fourth-order valence-electron chi connectivity index (χ4n) is 1.80. The minimum Gasteiger partial charge on any atom is -0.451 e. The Morgan fingerprint density at radius 3 is 2.68 bits per heavy atom. The first kappa shape index (κ1) is 16.1. The van der Waals surface area contributed by atoms with Gasteiger partial charge in [-0.25, -0.2) is 0 Å². The predicted molar refractivity (Wildman–Crippen MR) is 73.2 cm³/mol. The topological polar surface area (TPSA) is 62.5 Å². The summed E-state index contributed by atoms with van der Waals surface area (Å²) in [4.78, 5) is 11.8. The predicted octanol–water partition coefficient (Wildman–Crippen LogP) is 3.08. The summed E-state index contributed by atoms with van der Waals surface area (Å²) in [6.45, 7) is 1.38. The highest BCUT2D eigenvalue weighted by Gasteiger charge is 2.30. The summed E-state index contributed by atoms with van der Waals surface area (Å²) in [6.07, 6.45) is -4.45. The highest BCUT2D eigenvalue weighted by atomic mass is 19.4. The molecule has 0 radical (unpaired) electrons. The number of carbonyl (C=O) groups is 1. The molecule has 2 N–H and O–H groups in total. The molecule has 4 nitrogen and oxygen atoms in total. The zero-order valence-electron chi connectivity index (χ0n) is 11.6. The lowest BCUT2D eigenvalue weighted by molar-refractivity contribution is -0.137. The van der Waals surface area contributed by atoms with Crippen molar-refractivity contribution in [2.75, 3.05) is 6.61 Å². The average molecular weight is 313 g/mol. The molecular weight excluding hydrogens is 299 g/mol. The van der Waals surface area contributed by atoms with Crippen molar-refractivity contribution in [3.05, 3.63) is 47.7 Å². The molecule has 0 saturated carbocycles. The van der Waals surface area contributed by atoms with Crippen molar-refractivity contribution in [3.63, 3.8) is 0 Å². The number of alkyl halides is 3. The maximum absolute atomic E-state index is 12.7. The fraction of sp³-hybridized carbons (Fsp3) is 0.267. The number of aliphatic hydroxyl groups is 1. The van der Waals surface area contributed by atoms with E-state index in [1.807, 2.05) is 0 Å². The van der Waals surface area contributed by atoms with Gasteiger partial charge in [0.05, 0.1) is 12.2 Å². The number of nitrogens with one attached hydrogen (secondary N) is 1. The molecule has 2 rings (SSSR count). The molecule has 0 saturated heterocycles. The highest BCUT2D eigenvalue weighted by Crippen LogP contribution is 2.32. The first-order chi connectivity index (χ1) is 10.3. The smallest absolute Gasteiger partial charge is 0.416 e. The molecule has 1 aromatic carbocycles. The highest BCUT2D eigenvalue weighted by molar-refractivity contribution is 5.92. The number of benzene rings is 1. The second-order valence-corrected chi connectivity index (χ2v) is 4.80. The lowest BCUT2D eigenvalue weighted by Crippen LogP contribution is -2.34. The van der Waals surface area contributed by atoms with E-state index in [9.17, 15) is 18.0 Å². The molecule has 1 amide bonds. The van der Waals surface area contributed by atoms with Crippen LogP contribution in [0, 0.1) is 0 Å². The Hall–Kier alpha value is -2.28. The number of rotatable bonds is 4. The van der Waals surface area contributed by atoms with Gasteiger partial charge in [-0.05, 0) is 31.2 Å². The summed E-state index contributed by atoms with van der Waals surface area (Å²) in [5, 5.41) is 11.4. The molecule has 0 aliphatic carbocycles. The zero-order valence-corrected chi connectivity index (χ0v) is 11.6. The van der Waals surface area contributed by atoms with Gasteiger partial charge >= 0.3 is 6.18 Å². The van der Waals surface area contributed by atoms with Crippen LogP contribution in [0.3, 0.4) is 0 Å². The largest absolute Gasteiger partial charge is 0.451 e. The molecule has 0 aliphatic rings.